The number of rotatable bonds is 6. The Morgan fingerprint density at radius 1 is 1.20 bits per heavy atom. The van der Waals surface area contributed by atoms with E-state index in [-0.39, 0.29) is 11.6 Å². The van der Waals surface area contributed by atoms with Gasteiger partial charge in [0.2, 0.25) is 10.0 Å². The fourth-order valence-corrected chi connectivity index (χ4v) is 4.51. The molecule has 2 aromatic rings. The van der Waals surface area contributed by atoms with E-state index in [0.717, 1.165) is 12.1 Å². The third-order valence-electron chi connectivity index (χ3n) is 4.26. The smallest absolute Gasteiger partial charge is 0.220 e. The Hall–Kier alpha value is -1.48. The Labute approximate surface area is 151 Å². The number of halogens is 2. The molecule has 0 spiro atoms. The van der Waals surface area contributed by atoms with Gasteiger partial charge in [-0.25, -0.2) is 12.8 Å². The van der Waals surface area contributed by atoms with Gasteiger partial charge in [-0.3, -0.25) is 0 Å². The van der Waals surface area contributed by atoms with Crippen molar-refractivity contribution in [3.63, 3.8) is 0 Å². The van der Waals surface area contributed by atoms with Crippen LogP contribution in [0.15, 0.2) is 35.1 Å². The molecule has 1 fully saturated rings. The van der Waals surface area contributed by atoms with Gasteiger partial charge in [-0.05, 0) is 24.1 Å². The minimum Gasteiger partial charge on any atom is -0.364 e. The van der Waals surface area contributed by atoms with E-state index in [0.29, 0.717) is 43.3 Å². The van der Waals surface area contributed by atoms with Crippen LogP contribution in [0.4, 0.5) is 4.39 Å². The summed E-state index contributed by atoms with van der Waals surface area (Å²) >= 11 is 6.04. The highest BCUT2D eigenvalue weighted by atomic mass is 35.5. The van der Waals surface area contributed by atoms with E-state index < -0.39 is 10.0 Å². The Morgan fingerprint density at radius 3 is 2.60 bits per heavy atom. The van der Waals surface area contributed by atoms with Crippen LogP contribution in [0.25, 0.3) is 0 Å². The molecule has 25 heavy (non-hydrogen) atoms. The minimum atomic E-state index is -3.39. The number of nitrogens with zero attached hydrogens (tertiary/aromatic N) is 3. The molecule has 1 saturated heterocycles. The van der Waals surface area contributed by atoms with Gasteiger partial charge in [-0.2, -0.15) is 4.31 Å². The van der Waals surface area contributed by atoms with E-state index in [4.69, 9.17) is 11.6 Å². The van der Waals surface area contributed by atoms with Gasteiger partial charge in [-0.15, -0.1) is 0 Å². The number of sulfonamides is 1. The lowest BCUT2D eigenvalue weighted by Crippen LogP contribution is -2.49. The maximum atomic E-state index is 13.1. The zero-order valence-electron chi connectivity index (χ0n) is 13.6. The quantitative estimate of drug-likeness (QED) is 0.759. The molecular formula is C16H19ClFN3O3S. The summed E-state index contributed by atoms with van der Waals surface area (Å²) in [5, 5.41) is 4.08. The molecule has 2 heterocycles. The van der Waals surface area contributed by atoms with Gasteiger partial charge in [-0.1, -0.05) is 22.8 Å². The second-order valence-corrected chi connectivity index (χ2v) is 8.35. The number of piperazine rings is 1. The molecule has 136 valence electrons. The van der Waals surface area contributed by atoms with E-state index in [1.807, 2.05) is 0 Å². The van der Waals surface area contributed by atoms with Crippen molar-refractivity contribution in [1.82, 2.24) is 14.4 Å². The van der Waals surface area contributed by atoms with Crippen molar-refractivity contribution in [3.05, 3.63) is 52.6 Å². The summed E-state index contributed by atoms with van der Waals surface area (Å²) in [7, 11) is -3.39. The molecule has 3 rings (SSSR count). The lowest BCUT2D eigenvalue weighted by Gasteiger charge is -2.33. The topological polar surface area (TPSA) is 66.7 Å². The van der Waals surface area contributed by atoms with Crippen molar-refractivity contribution in [2.24, 2.45) is 0 Å². The van der Waals surface area contributed by atoms with Crippen LogP contribution in [0, 0.1) is 5.82 Å². The average Bonchev–Trinajstić information content (AvgIpc) is 3.07. The number of aromatic nitrogens is 1. The SMILES string of the molecule is O=S(=O)(Cc1ccon1)N1CCN(CCc2ccc(F)cc2Cl)CC1. The molecule has 0 unspecified atom stereocenters. The fourth-order valence-electron chi connectivity index (χ4n) is 2.82. The van der Waals surface area contributed by atoms with Crippen LogP contribution >= 0.6 is 11.6 Å². The summed E-state index contributed by atoms with van der Waals surface area (Å²) in [6, 6.07) is 5.96. The first-order valence-electron chi connectivity index (χ1n) is 7.97. The Kier molecular flexibility index (Phi) is 5.73. The molecule has 1 aliphatic heterocycles. The highest BCUT2D eigenvalue weighted by Crippen LogP contribution is 2.19. The summed E-state index contributed by atoms with van der Waals surface area (Å²) in [6.07, 6.45) is 2.06. The third kappa shape index (κ3) is 4.78. The summed E-state index contributed by atoms with van der Waals surface area (Å²) in [6.45, 7) is 2.94. The van der Waals surface area contributed by atoms with Crippen LogP contribution in [-0.2, 0) is 22.2 Å². The molecule has 0 atom stereocenters. The van der Waals surface area contributed by atoms with Crippen LogP contribution in [0.5, 0.6) is 0 Å². The Balaban J connectivity index is 1.50. The zero-order valence-corrected chi connectivity index (χ0v) is 15.1. The Morgan fingerprint density at radius 2 is 1.96 bits per heavy atom. The predicted molar refractivity (Wildman–Crippen MR) is 92.3 cm³/mol. The first-order valence-corrected chi connectivity index (χ1v) is 9.96. The average molecular weight is 388 g/mol. The van der Waals surface area contributed by atoms with Crippen molar-refractivity contribution < 1.29 is 17.3 Å². The van der Waals surface area contributed by atoms with Gasteiger partial charge in [0, 0.05) is 43.8 Å². The summed E-state index contributed by atoms with van der Waals surface area (Å²) in [4.78, 5) is 2.18. The molecular weight excluding hydrogens is 369 g/mol. The van der Waals surface area contributed by atoms with E-state index >= 15 is 0 Å². The summed E-state index contributed by atoms with van der Waals surface area (Å²) < 4.78 is 44.0. The molecule has 0 aliphatic carbocycles. The van der Waals surface area contributed by atoms with Gasteiger partial charge in [0.05, 0.1) is 5.69 Å². The Bertz CT molecular complexity index is 806. The minimum absolute atomic E-state index is 0.144. The van der Waals surface area contributed by atoms with Gasteiger partial charge in [0.1, 0.15) is 17.8 Å². The van der Waals surface area contributed by atoms with Crippen molar-refractivity contribution in [2.45, 2.75) is 12.2 Å². The molecule has 0 saturated carbocycles. The lowest BCUT2D eigenvalue weighted by molar-refractivity contribution is 0.190. The highest BCUT2D eigenvalue weighted by molar-refractivity contribution is 7.88. The third-order valence-corrected chi connectivity index (χ3v) is 6.42. The van der Waals surface area contributed by atoms with Crippen molar-refractivity contribution in [3.8, 4) is 0 Å². The summed E-state index contributed by atoms with van der Waals surface area (Å²) in [5.74, 6) is -0.492. The normalized spacial score (nSPS) is 17.0. The molecule has 0 amide bonds. The molecule has 0 radical (unpaired) electrons. The number of hydrogen-bond donors (Lipinski definition) is 0. The maximum Gasteiger partial charge on any atom is 0.220 e. The van der Waals surface area contributed by atoms with E-state index in [9.17, 15) is 12.8 Å². The highest BCUT2D eigenvalue weighted by Gasteiger charge is 2.27. The van der Waals surface area contributed by atoms with Crippen LogP contribution in [-0.4, -0.2) is 55.5 Å². The molecule has 0 bridgehead atoms. The maximum absolute atomic E-state index is 13.1. The van der Waals surface area contributed by atoms with Crippen LogP contribution < -0.4 is 0 Å². The monoisotopic (exact) mass is 387 g/mol. The van der Waals surface area contributed by atoms with Crippen molar-refractivity contribution in [2.75, 3.05) is 32.7 Å². The molecule has 1 aliphatic rings. The molecule has 6 nitrogen and oxygen atoms in total. The zero-order chi connectivity index (χ0) is 17.9. The molecule has 1 aromatic heterocycles. The number of hydrogen-bond acceptors (Lipinski definition) is 5. The van der Waals surface area contributed by atoms with Crippen LogP contribution in [0.1, 0.15) is 11.3 Å². The van der Waals surface area contributed by atoms with Crippen LogP contribution in [0.2, 0.25) is 5.02 Å². The summed E-state index contributed by atoms with van der Waals surface area (Å²) in [5.41, 5.74) is 1.30. The van der Waals surface area contributed by atoms with Gasteiger partial charge in [0.15, 0.2) is 0 Å². The first-order chi connectivity index (χ1) is 11.9. The van der Waals surface area contributed by atoms with Crippen molar-refractivity contribution >= 4 is 21.6 Å². The second kappa shape index (κ2) is 7.82. The van der Waals surface area contributed by atoms with Gasteiger partial charge >= 0.3 is 0 Å². The predicted octanol–water partition coefficient (Wildman–Crippen LogP) is 2.16. The standard InChI is InChI=1S/C16H19ClFN3O3S/c17-16-11-14(18)2-1-13(16)3-5-20-6-8-21(9-7-20)25(22,23)12-15-4-10-24-19-15/h1-2,4,10-11H,3,5-9,12H2. The second-order valence-electron chi connectivity index (χ2n) is 5.97. The van der Waals surface area contributed by atoms with E-state index in [1.54, 1.807) is 12.1 Å². The molecule has 0 N–H and O–H groups in total. The van der Waals surface area contributed by atoms with E-state index in [2.05, 4.69) is 14.6 Å². The van der Waals surface area contributed by atoms with Crippen molar-refractivity contribution in [1.29, 1.82) is 0 Å². The van der Waals surface area contributed by atoms with Crippen LogP contribution in [0.3, 0.4) is 0 Å². The number of benzene rings is 1. The lowest BCUT2D eigenvalue weighted by atomic mass is 10.1. The molecule has 1 aromatic carbocycles. The first kappa shape index (κ1) is 18.3. The largest absolute Gasteiger partial charge is 0.364 e. The molecule has 9 heteroatoms. The van der Waals surface area contributed by atoms with E-state index in [1.165, 1.54) is 22.7 Å². The fraction of sp³-hybridized carbons (Fsp3) is 0.438. The van der Waals surface area contributed by atoms with Gasteiger partial charge < -0.3 is 9.42 Å². The van der Waals surface area contributed by atoms with Gasteiger partial charge in [0.25, 0.3) is 0 Å².